The second-order valence-electron chi connectivity index (χ2n) is 5.30. The van der Waals surface area contributed by atoms with E-state index in [4.69, 9.17) is 15.7 Å². The first-order chi connectivity index (χ1) is 8.23. The lowest BCUT2D eigenvalue weighted by atomic mass is 10.0. The highest BCUT2D eigenvalue weighted by Gasteiger charge is 2.23. The predicted octanol–water partition coefficient (Wildman–Crippen LogP) is 0.907. The lowest BCUT2D eigenvalue weighted by molar-refractivity contribution is -0.160. The van der Waals surface area contributed by atoms with Gasteiger partial charge in [0, 0.05) is 0 Å². The maximum Gasteiger partial charge on any atom is 0.341 e. The van der Waals surface area contributed by atoms with Gasteiger partial charge in [0.2, 0.25) is 0 Å². The minimum atomic E-state index is -1.05. The summed E-state index contributed by atoms with van der Waals surface area (Å²) in [7, 11) is 0. The Balaban J connectivity index is 4.18. The van der Waals surface area contributed by atoms with Crippen LogP contribution in [0.4, 0.5) is 0 Å². The van der Waals surface area contributed by atoms with Gasteiger partial charge in [-0.05, 0) is 24.7 Å². The molecule has 0 aliphatic heterocycles. The fourth-order valence-corrected chi connectivity index (χ4v) is 1.48. The number of nitrogens with two attached hydrogens (primary N) is 1. The topological polar surface area (TPSA) is 102 Å². The fraction of sp³-hybridized carbons (Fsp3) is 0.833. The zero-order chi connectivity index (χ0) is 14.3. The average Bonchev–Trinajstić information content (AvgIpc) is 2.21. The Kier molecular flexibility index (Phi) is 7.54. The van der Waals surface area contributed by atoms with Gasteiger partial charge in [0.1, 0.15) is 12.1 Å². The van der Waals surface area contributed by atoms with Crippen LogP contribution in [0.25, 0.3) is 0 Å². The minimum Gasteiger partial charge on any atom is -0.480 e. The number of carbonyl (C=O) groups is 2. The summed E-state index contributed by atoms with van der Waals surface area (Å²) in [5.41, 5.74) is 7.90. The van der Waals surface area contributed by atoms with Gasteiger partial charge < -0.3 is 15.7 Å². The van der Waals surface area contributed by atoms with E-state index in [1.54, 1.807) is 0 Å². The Morgan fingerprint density at radius 1 is 1.17 bits per heavy atom. The first kappa shape index (κ1) is 16.9. The summed E-state index contributed by atoms with van der Waals surface area (Å²) in [6.07, 6.45) is 0.879. The summed E-state index contributed by atoms with van der Waals surface area (Å²) in [4.78, 5) is 27.1. The number of hydrogen-bond donors (Lipinski definition) is 3. The third kappa shape index (κ3) is 7.24. The second kappa shape index (κ2) is 8.05. The van der Waals surface area contributed by atoms with Gasteiger partial charge in [-0.1, -0.05) is 27.7 Å². The number of rotatable bonds is 8. The highest BCUT2D eigenvalue weighted by molar-refractivity contribution is 5.76. The Morgan fingerprint density at radius 3 is 2.06 bits per heavy atom. The van der Waals surface area contributed by atoms with Crippen LogP contribution in [0.15, 0.2) is 0 Å². The molecule has 0 amide bonds. The Labute approximate surface area is 108 Å². The van der Waals surface area contributed by atoms with Crippen LogP contribution in [0, 0.1) is 11.8 Å². The summed E-state index contributed by atoms with van der Waals surface area (Å²) in [5.74, 6) is -1.22. The van der Waals surface area contributed by atoms with E-state index in [9.17, 15) is 9.59 Å². The molecule has 0 aliphatic carbocycles. The van der Waals surface area contributed by atoms with Gasteiger partial charge in [0.25, 0.3) is 0 Å². The van der Waals surface area contributed by atoms with Crippen LogP contribution < -0.4 is 11.2 Å². The number of carboxylic acids is 1. The van der Waals surface area contributed by atoms with Gasteiger partial charge >= 0.3 is 11.9 Å². The zero-order valence-electron chi connectivity index (χ0n) is 11.5. The van der Waals surface area contributed by atoms with E-state index in [1.165, 1.54) is 0 Å². The van der Waals surface area contributed by atoms with Crippen molar-refractivity contribution < 1.29 is 19.5 Å². The first-order valence-corrected chi connectivity index (χ1v) is 6.18. The van der Waals surface area contributed by atoms with Gasteiger partial charge in [-0.25, -0.2) is 4.79 Å². The predicted molar refractivity (Wildman–Crippen MR) is 67.5 cm³/mol. The monoisotopic (exact) mass is 260 g/mol. The van der Waals surface area contributed by atoms with Crippen LogP contribution in [-0.2, 0) is 14.4 Å². The Morgan fingerprint density at radius 2 is 1.67 bits per heavy atom. The second-order valence-corrected chi connectivity index (χ2v) is 5.30. The third-order valence-corrected chi connectivity index (χ3v) is 2.34. The summed E-state index contributed by atoms with van der Waals surface area (Å²) < 4.78 is 0. The van der Waals surface area contributed by atoms with Crippen molar-refractivity contribution in [3.8, 4) is 0 Å². The maximum atomic E-state index is 11.5. The Bertz CT molecular complexity index is 279. The number of hydrogen-bond acceptors (Lipinski definition) is 5. The van der Waals surface area contributed by atoms with E-state index < -0.39 is 24.0 Å². The summed E-state index contributed by atoms with van der Waals surface area (Å²) >= 11 is 0. The van der Waals surface area contributed by atoms with E-state index >= 15 is 0 Å². The molecular weight excluding hydrogens is 236 g/mol. The zero-order valence-corrected chi connectivity index (χ0v) is 11.5. The molecule has 0 aromatic carbocycles. The Hall–Kier alpha value is -1.14. The molecule has 0 saturated heterocycles. The molecule has 0 bridgehead atoms. The summed E-state index contributed by atoms with van der Waals surface area (Å²) in [5, 5.41) is 8.93. The fourth-order valence-electron chi connectivity index (χ4n) is 1.48. The maximum absolute atomic E-state index is 11.5. The van der Waals surface area contributed by atoms with Crippen molar-refractivity contribution in [2.45, 2.75) is 52.6 Å². The van der Waals surface area contributed by atoms with Crippen LogP contribution in [0.5, 0.6) is 0 Å². The summed E-state index contributed by atoms with van der Waals surface area (Å²) in [6, 6.07) is -1.63. The van der Waals surface area contributed by atoms with E-state index in [2.05, 4.69) is 5.48 Å². The molecule has 0 radical (unpaired) electrons. The van der Waals surface area contributed by atoms with Crippen molar-refractivity contribution >= 4 is 11.9 Å². The quantitative estimate of drug-likeness (QED) is 0.561. The van der Waals surface area contributed by atoms with Crippen molar-refractivity contribution in [1.82, 2.24) is 5.48 Å². The molecule has 0 aromatic rings. The van der Waals surface area contributed by atoms with Crippen LogP contribution in [0.3, 0.4) is 0 Å². The number of aliphatic carboxylic acids is 1. The number of carboxylic acid groups (broad SMARTS) is 1. The van der Waals surface area contributed by atoms with E-state index in [0.29, 0.717) is 12.8 Å². The largest absolute Gasteiger partial charge is 0.480 e. The molecule has 0 heterocycles. The third-order valence-electron chi connectivity index (χ3n) is 2.34. The molecular formula is C12H24N2O4. The molecule has 6 heteroatoms. The van der Waals surface area contributed by atoms with Crippen molar-refractivity contribution in [3.05, 3.63) is 0 Å². The van der Waals surface area contributed by atoms with Gasteiger partial charge in [-0.15, -0.1) is 5.48 Å². The highest BCUT2D eigenvalue weighted by atomic mass is 16.7. The molecule has 106 valence electrons. The number of carbonyl (C=O) groups excluding carboxylic acids is 1. The smallest absolute Gasteiger partial charge is 0.341 e. The van der Waals surface area contributed by atoms with Crippen LogP contribution in [0.1, 0.15) is 40.5 Å². The average molecular weight is 260 g/mol. The van der Waals surface area contributed by atoms with Crippen LogP contribution in [0.2, 0.25) is 0 Å². The minimum absolute atomic E-state index is 0.182. The number of nitrogens with one attached hydrogen (secondary N) is 1. The standard InChI is InChI=1S/C12H24N2O4/c1-7(2)5-9(13)12(17)18-14-10(11(15)16)6-8(3)4/h7-10,14H,5-6,13H2,1-4H3,(H,15,16)/t9-,10-/m0/s1. The molecule has 0 aliphatic rings. The van der Waals surface area contributed by atoms with Crippen molar-refractivity contribution in [2.24, 2.45) is 17.6 Å². The van der Waals surface area contributed by atoms with Crippen LogP contribution in [-0.4, -0.2) is 29.1 Å². The van der Waals surface area contributed by atoms with E-state index in [1.807, 2.05) is 27.7 Å². The molecule has 2 atom stereocenters. The van der Waals surface area contributed by atoms with Gasteiger partial charge in [0.05, 0.1) is 0 Å². The number of hydroxylamine groups is 1. The van der Waals surface area contributed by atoms with Gasteiger partial charge in [-0.2, -0.15) is 0 Å². The van der Waals surface area contributed by atoms with Crippen molar-refractivity contribution in [2.75, 3.05) is 0 Å². The van der Waals surface area contributed by atoms with Crippen molar-refractivity contribution in [1.29, 1.82) is 0 Å². The lowest BCUT2D eigenvalue weighted by Crippen LogP contribution is -2.43. The molecule has 6 nitrogen and oxygen atoms in total. The molecule has 0 aromatic heterocycles. The first-order valence-electron chi connectivity index (χ1n) is 6.18. The normalized spacial score (nSPS) is 14.6. The van der Waals surface area contributed by atoms with Crippen LogP contribution >= 0.6 is 0 Å². The molecule has 18 heavy (non-hydrogen) atoms. The van der Waals surface area contributed by atoms with Gasteiger partial charge in [-0.3, -0.25) is 4.79 Å². The van der Waals surface area contributed by atoms with Crippen molar-refractivity contribution in [3.63, 3.8) is 0 Å². The molecule has 0 spiro atoms. The SMILES string of the molecule is CC(C)C[C@H](NOC(=O)[C@@H](N)CC(C)C)C(=O)O. The van der Waals surface area contributed by atoms with E-state index in [0.717, 1.165) is 0 Å². The molecule has 0 saturated carbocycles. The molecule has 0 unspecified atom stereocenters. The van der Waals surface area contributed by atoms with E-state index in [-0.39, 0.29) is 11.8 Å². The highest BCUT2D eigenvalue weighted by Crippen LogP contribution is 2.06. The molecule has 0 rings (SSSR count). The molecule has 0 fully saturated rings. The molecule has 4 N–H and O–H groups in total. The lowest BCUT2D eigenvalue weighted by Gasteiger charge is -2.18. The summed E-state index contributed by atoms with van der Waals surface area (Å²) in [6.45, 7) is 7.67. The van der Waals surface area contributed by atoms with Gasteiger partial charge in [0.15, 0.2) is 0 Å².